The molecule has 6 aromatic carbocycles. The molecule has 1 unspecified atom stereocenters. The molecule has 0 saturated carbocycles. The quantitative estimate of drug-likeness (QED) is 0.108. The zero-order valence-electron chi connectivity index (χ0n) is 27.8. The van der Waals surface area contributed by atoms with E-state index in [0.717, 1.165) is 50.1 Å². The lowest BCUT2D eigenvalue weighted by Crippen LogP contribution is -2.09. The molecule has 5 heteroatoms. The third-order valence-electron chi connectivity index (χ3n) is 8.11. The van der Waals surface area contributed by atoms with Crippen molar-refractivity contribution in [2.24, 2.45) is 0 Å². The topological polar surface area (TPSA) is 38.8 Å². The number of benzene rings is 6. The van der Waals surface area contributed by atoms with Crippen molar-refractivity contribution in [1.82, 2.24) is 0 Å². The molecule has 0 spiro atoms. The van der Waals surface area contributed by atoms with Crippen LogP contribution < -0.4 is 4.90 Å². The largest absolute Gasteiger partial charge is 0.339 e. The number of hydrogen-bond acceptors (Lipinski definition) is 4. The predicted octanol–water partition coefficient (Wildman–Crippen LogP) is 11.5. The highest BCUT2D eigenvalue weighted by Crippen LogP contribution is 2.62. The number of hydrogen-bond donors (Lipinski definition) is 0. The van der Waals surface area contributed by atoms with E-state index in [-0.39, 0.29) is 13.2 Å². The summed E-state index contributed by atoms with van der Waals surface area (Å²) in [4.78, 5) is 2.22. The standard InChI is InChI=1S/C44H38NO3P/c1-3-47-49(46,48-4-2)44(24-14-18-38-17-13-16-37-15-11-12-23-43(37)38)39-31-27-35(28-32-39)25-26-36-29-33-42(34-30-36)45(40-19-7-5-8-20-40)41-21-9-6-10-22-41/h5-13,15-17,19-23,27-34,44H,3-4,24H2,1-2H3. The fraction of sp³-hybridized carbons (Fsp3) is 0.136. The van der Waals surface area contributed by atoms with Crippen LogP contribution in [0.2, 0.25) is 0 Å². The number of para-hydroxylation sites is 2. The van der Waals surface area contributed by atoms with Crippen molar-refractivity contribution >= 4 is 35.4 Å². The summed E-state index contributed by atoms with van der Waals surface area (Å²) in [7, 11) is -3.50. The Morgan fingerprint density at radius 3 is 1.67 bits per heavy atom. The first-order chi connectivity index (χ1) is 24.1. The van der Waals surface area contributed by atoms with Crippen molar-refractivity contribution in [3.63, 3.8) is 0 Å². The Morgan fingerprint density at radius 2 is 1.08 bits per heavy atom. The van der Waals surface area contributed by atoms with Crippen LogP contribution in [0.25, 0.3) is 10.8 Å². The highest BCUT2D eigenvalue weighted by atomic mass is 31.2. The van der Waals surface area contributed by atoms with E-state index in [1.807, 2.05) is 111 Å². The second kappa shape index (κ2) is 16.2. The molecule has 6 rings (SSSR count). The summed E-state index contributed by atoms with van der Waals surface area (Å²) in [5.41, 5.74) is 6.23. The molecular weight excluding hydrogens is 621 g/mol. The van der Waals surface area contributed by atoms with Gasteiger partial charge in [0.1, 0.15) is 0 Å². The first-order valence-corrected chi connectivity index (χ1v) is 18.2. The van der Waals surface area contributed by atoms with E-state index in [1.54, 1.807) is 0 Å². The van der Waals surface area contributed by atoms with E-state index in [4.69, 9.17) is 9.05 Å². The van der Waals surface area contributed by atoms with Crippen molar-refractivity contribution in [3.8, 4) is 23.7 Å². The number of nitrogens with zero attached hydrogens (tertiary/aromatic N) is 1. The summed E-state index contributed by atoms with van der Waals surface area (Å²) in [6.07, 6.45) is 0.320. The van der Waals surface area contributed by atoms with E-state index in [0.29, 0.717) is 6.42 Å². The Bertz CT molecular complexity index is 2100. The predicted molar refractivity (Wildman–Crippen MR) is 203 cm³/mol. The molecule has 0 bridgehead atoms. The van der Waals surface area contributed by atoms with E-state index in [1.165, 1.54) is 0 Å². The molecule has 0 aliphatic rings. The Balaban J connectivity index is 1.23. The highest BCUT2D eigenvalue weighted by Gasteiger charge is 2.36. The van der Waals surface area contributed by atoms with Gasteiger partial charge in [0.25, 0.3) is 0 Å². The van der Waals surface area contributed by atoms with E-state index in [9.17, 15) is 4.57 Å². The zero-order valence-corrected chi connectivity index (χ0v) is 28.6. The third-order valence-corrected chi connectivity index (χ3v) is 10.6. The second-order valence-electron chi connectivity index (χ2n) is 11.3. The summed E-state index contributed by atoms with van der Waals surface area (Å²) >= 11 is 0. The van der Waals surface area contributed by atoms with Crippen LogP contribution in [-0.2, 0) is 13.6 Å². The van der Waals surface area contributed by atoms with Gasteiger partial charge in [-0.3, -0.25) is 4.57 Å². The molecule has 49 heavy (non-hydrogen) atoms. The Hall–Kier alpha value is -5.35. The van der Waals surface area contributed by atoms with Crippen LogP contribution in [0.15, 0.2) is 152 Å². The molecular formula is C44H38NO3P. The molecule has 0 radical (unpaired) electrons. The van der Waals surface area contributed by atoms with Crippen LogP contribution in [0.5, 0.6) is 0 Å². The molecule has 0 fully saturated rings. The Labute approximate surface area is 289 Å². The monoisotopic (exact) mass is 659 g/mol. The van der Waals surface area contributed by atoms with Gasteiger partial charge in [-0.15, -0.1) is 0 Å². The van der Waals surface area contributed by atoms with Gasteiger partial charge >= 0.3 is 7.60 Å². The molecule has 0 saturated heterocycles. The summed E-state index contributed by atoms with van der Waals surface area (Å²) in [6, 6.07) is 51.0. The molecule has 6 aromatic rings. The lowest BCUT2D eigenvalue weighted by molar-refractivity contribution is 0.212. The fourth-order valence-electron chi connectivity index (χ4n) is 5.79. The van der Waals surface area contributed by atoms with Gasteiger partial charge in [-0.1, -0.05) is 109 Å². The van der Waals surface area contributed by atoms with Crippen molar-refractivity contribution in [1.29, 1.82) is 0 Å². The number of rotatable bonds is 10. The maximum Gasteiger partial charge on any atom is 0.339 e. The van der Waals surface area contributed by atoms with Gasteiger partial charge in [-0.2, -0.15) is 0 Å². The van der Waals surface area contributed by atoms with Gasteiger partial charge in [-0.25, -0.2) is 0 Å². The lowest BCUT2D eigenvalue weighted by atomic mass is 10.0. The average Bonchev–Trinajstić information content (AvgIpc) is 3.14. The highest BCUT2D eigenvalue weighted by molar-refractivity contribution is 7.54. The molecule has 0 amide bonds. The molecule has 0 N–H and O–H groups in total. The van der Waals surface area contributed by atoms with Crippen molar-refractivity contribution in [2.45, 2.75) is 25.9 Å². The van der Waals surface area contributed by atoms with Crippen LogP contribution in [-0.4, -0.2) is 13.2 Å². The van der Waals surface area contributed by atoms with Crippen molar-refractivity contribution in [3.05, 3.63) is 174 Å². The average molecular weight is 660 g/mol. The summed E-state index contributed by atoms with van der Waals surface area (Å²) in [5, 5.41) is 2.23. The van der Waals surface area contributed by atoms with Gasteiger partial charge in [0.05, 0.1) is 18.9 Å². The molecule has 242 valence electrons. The minimum Gasteiger partial charge on any atom is -0.311 e. The second-order valence-corrected chi connectivity index (χ2v) is 13.6. The summed E-state index contributed by atoms with van der Waals surface area (Å²) < 4.78 is 25.7. The maximum atomic E-state index is 14.1. The van der Waals surface area contributed by atoms with Crippen molar-refractivity contribution in [2.75, 3.05) is 18.1 Å². The first-order valence-electron chi connectivity index (χ1n) is 16.6. The normalized spacial score (nSPS) is 11.6. The van der Waals surface area contributed by atoms with Crippen LogP contribution in [0, 0.1) is 23.7 Å². The number of fused-ring (bicyclic) bond motifs is 1. The van der Waals surface area contributed by atoms with Crippen LogP contribution in [0.4, 0.5) is 17.1 Å². The van der Waals surface area contributed by atoms with Gasteiger partial charge in [-0.05, 0) is 96.9 Å². The molecule has 1 atom stereocenters. The molecule has 0 aliphatic heterocycles. The SMILES string of the molecule is CCOP(=O)(OCC)C(CC#Cc1cccc2ccccc12)c1ccc(C#Cc2ccc(N(c3ccccc3)c3ccccc3)cc2)cc1. The number of anilines is 3. The minimum atomic E-state index is -3.50. The zero-order chi connectivity index (χ0) is 33.9. The lowest BCUT2D eigenvalue weighted by Gasteiger charge is -2.25. The molecule has 0 aliphatic carbocycles. The molecule has 4 nitrogen and oxygen atoms in total. The van der Waals surface area contributed by atoms with E-state index < -0.39 is 13.3 Å². The summed E-state index contributed by atoms with van der Waals surface area (Å²) in [5.74, 6) is 13.2. The maximum absolute atomic E-state index is 14.1. The minimum absolute atomic E-state index is 0.279. The Kier molecular flexibility index (Phi) is 11.1. The Morgan fingerprint density at radius 1 is 0.571 bits per heavy atom. The van der Waals surface area contributed by atoms with E-state index in [2.05, 4.69) is 83.2 Å². The molecule has 0 heterocycles. The van der Waals surface area contributed by atoms with E-state index >= 15 is 0 Å². The van der Waals surface area contributed by atoms with Gasteiger partial charge < -0.3 is 13.9 Å². The fourth-order valence-corrected chi connectivity index (χ4v) is 7.80. The van der Waals surface area contributed by atoms with Crippen LogP contribution >= 0.6 is 7.60 Å². The van der Waals surface area contributed by atoms with Gasteiger partial charge in [0.15, 0.2) is 0 Å². The van der Waals surface area contributed by atoms with Gasteiger partial charge in [0, 0.05) is 40.2 Å². The summed E-state index contributed by atoms with van der Waals surface area (Å²) in [6.45, 7) is 4.22. The van der Waals surface area contributed by atoms with Gasteiger partial charge in [0.2, 0.25) is 0 Å². The molecule has 0 aromatic heterocycles. The van der Waals surface area contributed by atoms with Crippen molar-refractivity contribution < 1.29 is 13.6 Å². The van der Waals surface area contributed by atoms with Crippen LogP contribution in [0.1, 0.15) is 48.2 Å². The first kappa shape index (κ1) is 33.5. The smallest absolute Gasteiger partial charge is 0.311 e. The van der Waals surface area contributed by atoms with Crippen LogP contribution in [0.3, 0.4) is 0 Å². The third kappa shape index (κ3) is 8.21.